The van der Waals surface area contributed by atoms with Crippen LogP contribution in [0.15, 0.2) is 47.8 Å². The monoisotopic (exact) mass is 355 g/mol. The van der Waals surface area contributed by atoms with Crippen molar-refractivity contribution >= 4 is 18.4 Å². The zero-order chi connectivity index (χ0) is 17.6. The van der Waals surface area contributed by atoms with Crippen molar-refractivity contribution in [1.29, 1.82) is 0 Å². The van der Waals surface area contributed by atoms with Crippen LogP contribution in [0.5, 0.6) is 11.5 Å². The molecule has 2 aromatic heterocycles. The molecule has 25 heavy (non-hydrogen) atoms. The van der Waals surface area contributed by atoms with Gasteiger partial charge in [-0.3, -0.25) is 4.98 Å². The highest BCUT2D eigenvalue weighted by atomic mass is 32.1. The van der Waals surface area contributed by atoms with Gasteiger partial charge in [-0.25, -0.2) is 5.10 Å². The number of pyridine rings is 1. The number of hydrogen-bond acceptors (Lipinski definition) is 6. The van der Waals surface area contributed by atoms with Gasteiger partial charge in [-0.05, 0) is 55.0 Å². The van der Waals surface area contributed by atoms with E-state index in [1.54, 1.807) is 30.4 Å². The lowest BCUT2D eigenvalue weighted by Crippen LogP contribution is -1.98. The molecule has 128 valence electrons. The number of methoxy groups -OCH3 is 1. The number of H-pyrrole nitrogens is 1. The van der Waals surface area contributed by atoms with Gasteiger partial charge >= 0.3 is 0 Å². The molecular weight excluding hydrogens is 338 g/mol. The molecule has 0 aliphatic carbocycles. The molecule has 0 atom stereocenters. The van der Waals surface area contributed by atoms with Crippen LogP contribution in [0, 0.1) is 4.77 Å². The van der Waals surface area contributed by atoms with Gasteiger partial charge in [-0.15, -0.1) is 0 Å². The molecule has 1 N–H and O–H groups in total. The Kier molecular flexibility index (Phi) is 5.20. The van der Waals surface area contributed by atoms with Crippen LogP contribution in [0.25, 0.3) is 11.4 Å². The van der Waals surface area contributed by atoms with Gasteiger partial charge in [0.1, 0.15) is 0 Å². The maximum Gasteiger partial charge on any atom is 0.216 e. The highest BCUT2D eigenvalue weighted by Gasteiger charge is 2.08. The number of rotatable bonds is 6. The molecule has 0 unspecified atom stereocenters. The molecular formula is C17H17N5O2S. The fourth-order valence-corrected chi connectivity index (χ4v) is 2.42. The average molecular weight is 355 g/mol. The molecule has 3 aromatic rings. The lowest BCUT2D eigenvalue weighted by molar-refractivity contribution is 0.311. The quantitative estimate of drug-likeness (QED) is 0.542. The van der Waals surface area contributed by atoms with Crippen LogP contribution in [-0.4, -0.2) is 39.8 Å². The second-order valence-corrected chi connectivity index (χ2v) is 5.38. The van der Waals surface area contributed by atoms with Gasteiger partial charge in [-0.2, -0.15) is 14.9 Å². The summed E-state index contributed by atoms with van der Waals surface area (Å²) >= 11 is 5.26. The van der Waals surface area contributed by atoms with Gasteiger partial charge in [0, 0.05) is 18.0 Å². The molecule has 0 aliphatic heterocycles. The topological polar surface area (TPSA) is 77.3 Å². The molecule has 0 spiro atoms. The summed E-state index contributed by atoms with van der Waals surface area (Å²) in [4.78, 5) is 4.10. The van der Waals surface area contributed by atoms with Crippen molar-refractivity contribution in [1.82, 2.24) is 19.9 Å². The number of nitrogens with one attached hydrogen (secondary N) is 1. The van der Waals surface area contributed by atoms with Crippen molar-refractivity contribution in [3.05, 3.63) is 53.1 Å². The Bertz CT molecular complexity index is 934. The molecule has 0 aliphatic rings. The van der Waals surface area contributed by atoms with Gasteiger partial charge < -0.3 is 9.47 Å². The molecule has 7 nitrogen and oxygen atoms in total. The maximum atomic E-state index is 5.52. The normalized spacial score (nSPS) is 11.0. The SMILES string of the molecule is CCOc1ccc(/C=N/n2c(-c3cccnc3)n[nH]c2=S)cc1OC. The summed E-state index contributed by atoms with van der Waals surface area (Å²) < 4.78 is 12.8. The molecule has 1 aromatic carbocycles. The number of benzene rings is 1. The predicted molar refractivity (Wildman–Crippen MR) is 97.8 cm³/mol. The molecule has 0 saturated heterocycles. The van der Waals surface area contributed by atoms with Crippen LogP contribution < -0.4 is 9.47 Å². The summed E-state index contributed by atoms with van der Waals surface area (Å²) in [6, 6.07) is 9.31. The number of aromatic amines is 1. The van der Waals surface area contributed by atoms with E-state index in [2.05, 4.69) is 20.3 Å². The van der Waals surface area contributed by atoms with Crippen molar-refractivity contribution < 1.29 is 9.47 Å². The third-order valence-corrected chi connectivity index (χ3v) is 3.64. The molecule has 0 fully saturated rings. The van der Waals surface area contributed by atoms with Crippen LogP contribution in [0.1, 0.15) is 12.5 Å². The Morgan fingerprint density at radius 1 is 1.32 bits per heavy atom. The lowest BCUT2D eigenvalue weighted by Gasteiger charge is -2.09. The largest absolute Gasteiger partial charge is 0.493 e. The zero-order valence-electron chi connectivity index (χ0n) is 13.8. The Morgan fingerprint density at radius 3 is 2.92 bits per heavy atom. The first kappa shape index (κ1) is 16.8. The molecule has 0 bridgehead atoms. The van der Waals surface area contributed by atoms with Crippen LogP contribution >= 0.6 is 12.2 Å². The zero-order valence-corrected chi connectivity index (χ0v) is 14.7. The molecule has 8 heteroatoms. The van der Waals surface area contributed by atoms with Gasteiger partial charge in [0.05, 0.1) is 19.9 Å². The van der Waals surface area contributed by atoms with E-state index in [9.17, 15) is 0 Å². The van der Waals surface area contributed by atoms with E-state index in [0.29, 0.717) is 28.7 Å². The number of ether oxygens (including phenoxy) is 2. The van der Waals surface area contributed by atoms with Crippen molar-refractivity contribution in [2.75, 3.05) is 13.7 Å². The highest BCUT2D eigenvalue weighted by Crippen LogP contribution is 2.27. The number of hydrogen-bond donors (Lipinski definition) is 1. The number of nitrogens with zero attached hydrogens (tertiary/aromatic N) is 4. The van der Waals surface area contributed by atoms with Crippen molar-refractivity contribution in [2.24, 2.45) is 5.10 Å². The summed E-state index contributed by atoms with van der Waals surface area (Å²) in [6.45, 7) is 2.50. The van der Waals surface area contributed by atoms with Crippen LogP contribution in [-0.2, 0) is 0 Å². The Morgan fingerprint density at radius 2 is 2.20 bits per heavy atom. The van der Waals surface area contributed by atoms with E-state index in [-0.39, 0.29) is 0 Å². The highest BCUT2D eigenvalue weighted by molar-refractivity contribution is 7.71. The summed E-state index contributed by atoms with van der Waals surface area (Å²) in [6.07, 6.45) is 5.09. The van der Waals surface area contributed by atoms with Crippen LogP contribution in [0.4, 0.5) is 0 Å². The summed E-state index contributed by atoms with van der Waals surface area (Å²) in [5, 5.41) is 11.4. The van der Waals surface area contributed by atoms with Gasteiger partial charge in [-0.1, -0.05) is 0 Å². The standard InChI is InChI=1S/C17H17N5O2S/c1-3-24-14-7-6-12(9-15(14)23-2)10-19-22-16(20-21-17(22)25)13-5-4-8-18-11-13/h4-11H,3H2,1-2H3,(H,21,25)/b19-10+. The summed E-state index contributed by atoms with van der Waals surface area (Å²) in [7, 11) is 1.60. The van der Waals surface area contributed by atoms with E-state index in [1.165, 1.54) is 0 Å². The van der Waals surface area contributed by atoms with E-state index in [4.69, 9.17) is 21.7 Å². The summed E-state index contributed by atoms with van der Waals surface area (Å²) in [5.74, 6) is 1.93. The third kappa shape index (κ3) is 3.74. The van der Waals surface area contributed by atoms with Crippen molar-refractivity contribution in [2.45, 2.75) is 6.92 Å². The van der Waals surface area contributed by atoms with E-state index >= 15 is 0 Å². The van der Waals surface area contributed by atoms with E-state index < -0.39 is 0 Å². The van der Waals surface area contributed by atoms with E-state index in [1.807, 2.05) is 37.3 Å². The average Bonchev–Trinajstić information content (AvgIpc) is 3.02. The fourth-order valence-electron chi connectivity index (χ4n) is 2.24. The van der Waals surface area contributed by atoms with Crippen LogP contribution in [0.2, 0.25) is 0 Å². The van der Waals surface area contributed by atoms with Crippen molar-refractivity contribution in [3.8, 4) is 22.9 Å². The lowest BCUT2D eigenvalue weighted by atomic mass is 10.2. The van der Waals surface area contributed by atoms with Gasteiger partial charge in [0.15, 0.2) is 17.3 Å². The first-order chi connectivity index (χ1) is 12.2. The Balaban J connectivity index is 1.93. The molecule has 0 radical (unpaired) electrons. The predicted octanol–water partition coefficient (Wildman–Crippen LogP) is 3.29. The van der Waals surface area contributed by atoms with Gasteiger partial charge in [0.2, 0.25) is 4.77 Å². The Labute approximate surface area is 150 Å². The molecule has 3 rings (SSSR count). The number of aromatic nitrogens is 4. The summed E-state index contributed by atoms with van der Waals surface area (Å²) in [5.41, 5.74) is 1.66. The molecule has 0 amide bonds. The van der Waals surface area contributed by atoms with E-state index in [0.717, 1.165) is 11.1 Å². The van der Waals surface area contributed by atoms with Crippen molar-refractivity contribution in [3.63, 3.8) is 0 Å². The minimum Gasteiger partial charge on any atom is -0.493 e. The third-order valence-electron chi connectivity index (χ3n) is 3.38. The molecule has 2 heterocycles. The Hall–Kier alpha value is -3.00. The first-order valence-corrected chi connectivity index (χ1v) is 8.06. The minimum atomic E-state index is 0.396. The van der Waals surface area contributed by atoms with Gasteiger partial charge in [0.25, 0.3) is 0 Å². The van der Waals surface area contributed by atoms with Crippen LogP contribution in [0.3, 0.4) is 0 Å². The molecule has 0 saturated carbocycles. The fraction of sp³-hybridized carbons (Fsp3) is 0.176. The second kappa shape index (κ2) is 7.71. The first-order valence-electron chi connectivity index (χ1n) is 7.66. The maximum absolute atomic E-state index is 5.52. The minimum absolute atomic E-state index is 0.396. The smallest absolute Gasteiger partial charge is 0.216 e. The second-order valence-electron chi connectivity index (χ2n) is 4.99.